The third kappa shape index (κ3) is 6.68. The molecule has 4 nitrogen and oxygen atoms in total. The number of carbonyl (C=O) groups is 1. The predicted molar refractivity (Wildman–Crippen MR) is 123 cm³/mol. The van der Waals surface area contributed by atoms with Crippen molar-refractivity contribution in [3.8, 4) is 5.75 Å². The molecule has 1 aromatic heterocycles. The second-order valence-corrected chi connectivity index (χ2v) is 9.84. The first-order valence-electron chi connectivity index (χ1n) is 10.2. The van der Waals surface area contributed by atoms with Crippen LogP contribution in [-0.2, 0) is 11.2 Å². The van der Waals surface area contributed by atoms with Crippen molar-refractivity contribution in [3.05, 3.63) is 54.4 Å². The molecule has 29 heavy (non-hydrogen) atoms. The predicted octanol–water partition coefficient (Wildman–Crippen LogP) is 4.93. The lowest BCUT2D eigenvalue weighted by Gasteiger charge is -2.31. The lowest BCUT2D eigenvalue weighted by Crippen LogP contribution is -2.32. The van der Waals surface area contributed by atoms with E-state index >= 15 is 0 Å². The van der Waals surface area contributed by atoms with Gasteiger partial charge in [-0.3, -0.25) is 9.78 Å². The average Bonchev–Trinajstić information content (AvgIpc) is 2.77. The first-order valence-corrected chi connectivity index (χ1v) is 12.2. The molecule has 2 aromatic rings. The van der Waals surface area contributed by atoms with Crippen LogP contribution in [0.25, 0.3) is 0 Å². The fourth-order valence-corrected chi connectivity index (χ4v) is 6.50. The zero-order valence-corrected chi connectivity index (χ0v) is 18.9. The number of hydrogen-bond acceptors (Lipinski definition) is 5. The molecule has 1 aliphatic rings. The van der Waals surface area contributed by atoms with Crippen molar-refractivity contribution in [2.75, 3.05) is 26.5 Å². The molecule has 0 saturated heterocycles. The Hall–Kier alpha value is -1.66. The van der Waals surface area contributed by atoms with Gasteiger partial charge in [0.1, 0.15) is 5.75 Å². The number of para-hydroxylation sites is 1. The number of methoxy groups -OCH3 is 1. The lowest BCUT2D eigenvalue weighted by atomic mass is 10.00. The van der Waals surface area contributed by atoms with Gasteiger partial charge < -0.3 is 9.64 Å². The molecule has 1 saturated carbocycles. The zero-order chi connectivity index (χ0) is 20.5. The van der Waals surface area contributed by atoms with Gasteiger partial charge in [0, 0.05) is 47.3 Å². The van der Waals surface area contributed by atoms with E-state index in [2.05, 4.69) is 17.1 Å². The van der Waals surface area contributed by atoms with Crippen LogP contribution < -0.4 is 4.74 Å². The summed E-state index contributed by atoms with van der Waals surface area (Å²) < 4.78 is 5.52. The Morgan fingerprint density at radius 3 is 2.66 bits per heavy atom. The number of nitrogens with zero attached hydrogens (tertiary/aromatic N) is 2. The number of amides is 1. The van der Waals surface area contributed by atoms with E-state index < -0.39 is 0 Å². The van der Waals surface area contributed by atoms with Gasteiger partial charge in [0.15, 0.2) is 0 Å². The Balaban J connectivity index is 1.50. The third-order valence-corrected chi connectivity index (χ3v) is 8.30. The number of rotatable bonds is 9. The SMILES string of the molecule is COc1ccccc1S[C@@H]1CCCC[C@H]1SCC(=O)N(C)CCc1ccccn1. The van der Waals surface area contributed by atoms with Crippen LogP contribution in [0.15, 0.2) is 53.6 Å². The van der Waals surface area contributed by atoms with Gasteiger partial charge in [-0.15, -0.1) is 23.5 Å². The van der Waals surface area contributed by atoms with Crippen molar-refractivity contribution in [2.24, 2.45) is 0 Å². The van der Waals surface area contributed by atoms with Gasteiger partial charge in [0.2, 0.25) is 5.91 Å². The highest BCUT2D eigenvalue weighted by Gasteiger charge is 2.28. The van der Waals surface area contributed by atoms with E-state index in [0.29, 0.717) is 22.8 Å². The maximum absolute atomic E-state index is 12.6. The fraction of sp³-hybridized carbons (Fsp3) is 0.478. The summed E-state index contributed by atoms with van der Waals surface area (Å²) in [5.41, 5.74) is 1.03. The van der Waals surface area contributed by atoms with Crippen molar-refractivity contribution >= 4 is 29.4 Å². The van der Waals surface area contributed by atoms with Gasteiger partial charge in [-0.2, -0.15) is 0 Å². The fourth-order valence-electron chi connectivity index (χ4n) is 3.51. The summed E-state index contributed by atoms with van der Waals surface area (Å²) in [7, 11) is 3.62. The van der Waals surface area contributed by atoms with Crippen LogP contribution in [0.3, 0.4) is 0 Å². The van der Waals surface area contributed by atoms with Gasteiger partial charge in [0.25, 0.3) is 0 Å². The summed E-state index contributed by atoms with van der Waals surface area (Å²) in [6.07, 6.45) is 7.50. The first kappa shape index (κ1) is 22.0. The standard InChI is InChI=1S/C23H30N2O2S2/c1-25(16-14-18-9-7-8-15-24-18)23(26)17-28-21-12-5-6-13-22(21)29-20-11-4-3-10-19(20)27-2/h3-4,7-11,15,21-22H,5-6,12-14,16-17H2,1-2H3/t21-,22-/m1/s1. The van der Waals surface area contributed by atoms with Gasteiger partial charge in [-0.1, -0.05) is 31.0 Å². The van der Waals surface area contributed by atoms with Crippen LogP contribution >= 0.6 is 23.5 Å². The largest absolute Gasteiger partial charge is 0.496 e. The van der Waals surface area contributed by atoms with E-state index in [0.717, 1.165) is 17.9 Å². The number of hydrogen-bond donors (Lipinski definition) is 0. The second-order valence-electron chi connectivity index (χ2n) is 7.33. The Bertz CT molecular complexity index is 772. The van der Waals surface area contributed by atoms with E-state index in [-0.39, 0.29) is 5.91 Å². The molecule has 0 bridgehead atoms. The zero-order valence-electron chi connectivity index (χ0n) is 17.3. The average molecular weight is 431 g/mol. The van der Waals surface area contributed by atoms with E-state index in [9.17, 15) is 4.79 Å². The highest BCUT2D eigenvalue weighted by molar-refractivity contribution is 8.04. The highest BCUT2D eigenvalue weighted by atomic mass is 32.2. The maximum atomic E-state index is 12.6. The normalized spacial score (nSPS) is 19.0. The molecule has 0 spiro atoms. The molecule has 0 radical (unpaired) electrons. The smallest absolute Gasteiger partial charge is 0.232 e. The van der Waals surface area contributed by atoms with Gasteiger partial charge in [0.05, 0.1) is 12.9 Å². The summed E-state index contributed by atoms with van der Waals surface area (Å²) in [4.78, 5) is 20.0. The summed E-state index contributed by atoms with van der Waals surface area (Å²) in [6.45, 7) is 0.709. The molecular formula is C23H30N2O2S2. The Morgan fingerprint density at radius 2 is 1.90 bits per heavy atom. The molecule has 0 N–H and O–H groups in total. The van der Waals surface area contributed by atoms with E-state index in [1.54, 1.807) is 13.3 Å². The molecule has 1 amide bonds. The Kier molecular flexibility index (Phi) is 8.74. The summed E-state index contributed by atoms with van der Waals surface area (Å²) >= 11 is 3.74. The molecule has 6 heteroatoms. The molecule has 0 unspecified atom stereocenters. The topological polar surface area (TPSA) is 42.4 Å². The first-order chi connectivity index (χ1) is 14.2. The van der Waals surface area contributed by atoms with E-state index in [1.165, 1.54) is 30.6 Å². The lowest BCUT2D eigenvalue weighted by molar-refractivity contribution is -0.127. The number of likely N-dealkylation sites (N-methyl/N-ethyl adjacent to an activating group) is 1. The van der Waals surface area contributed by atoms with Crippen molar-refractivity contribution in [1.82, 2.24) is 9.88 Å². The monoisotopic (exact) mass is 430 g/mol. The summed E-state index contributed by atoms with van der Waals surface area (Å²) in [6, 6.07) is 14.1. The quantitative estimate of drug-likeness (QED) is 0.564. The second kappa shape index (κ2) is 11.5. The van der Waals surface area contributed by atoms with Crippen LogP contribution in [0.2, 0.25) is 0 Å². The third-order valence-electron chi connectivity index (χ3n) is 5.27. The molecule has 2 atom stereocenters. The molecule has 1 aliphatic carbocycles. The molecular weight excluding hydrogens is 400 g/mol. The highest BCUT2D eigenvalue weighted by Crippen LogP contribution is 2.42. The molecule has 0 aliphatic heterocycles. The van der Waals surface area contributed by atoms with Crippen molar-refractivity contribution in [1.29, 1.82) is 0 Å². The van der Waals surface area contributed by atoms with Crippen LogP contribution in [0, 0.1) is 0 Å². The number of benzene rings is 1. The number of carbonyl (C=O) groups excluding carboxylic acids is 1. The molecule has 1 heterocycles. The van der Waals surface area contributed by atoms with Gasteiger partial charge in [-0.25, -0.2) is 0 Å². The number of ether oxygens (including phenoxy) is 1. The van der Waals surface area contributed by atoms with Crippen LogP contribution in [0.1, 0.15) is 31.4 Å². The number of pyridine rings is 1. The van der Waals surface area contributed by atoms with Gasteiger partial charge in [-0.05, 0) is 37.1 Å². The minimum absolute atomic E-state index is 0.206. The minimum Gasteiger partial charge on any atom is -0.496 e. The molecule has 1 aromatic carbocycles. The molecule has 156 valence electrons. The summed E-state index contributed by atoms with van der Waals surface area (Å²) in [5, 5.41) is 1.03. The van der Waals surface area contributed by atoms with Crippen LogP contribution in [0.5, 0.6) is 5.75 Å². The van der Waals surface area contributed by atoms with Crippen molar-refractivity contribution in [2.45, 2.75) is 47.5 Å². The van der Waals surface area contributed by atoms with Gasteiger partial charge >= 0.3 is 0 Å². The Labute approximate surface area is 182 Å². The molecule has 3 rings (SSSR count). The van der Waals surface area contributed by atoms with E-state index in [1.807, 2.05) is 65.8 Å². The maximum Gasteiger partial charge on any atom is 0.232 e. The van der Waals surface area contributed by atoms with Crippen molar-refractivity contribution < 1.29 is 9.53 Å². The number of aromatic nitrogens is 1. The minimum atomic E-state index is 0.206. The van der Waals surface area contributed by atoms with E-state index in [4.69, 9.17) is 4.74 Å². The summed E-state index contributed by atoms with van der Waals surface area (Å²) in [5.74, 6) is 1.70. The molecule has 1 fully saturated rings. The van der Waals surface area contributed by atoms with Crippen molar-refractivity contribution in [3.63, 3.8) is 0 Å². The Morgan fingerprint density at radius 1 is 1.14 bits per heavy atom. The van der Waals surface area contributed by atoms with Crippen LogP contribution in [0.4, 0.5) is 0 Å². The number of thioether (sulfide) groups is 2. The van der Waals surface area contributed by atoms with Crippen LogP contribution in [-0.4, -0.2) is 52.7 Å².